The highest BCUT2D eigenvalue weighted by atomic mass is 15.0. The van der Waals surface area contributed by atoms with Crippen molar-refractivity contribution >= 4 is 51.4 Å². The quantitative estimate of drug-likeness (QED) is 0.131. The Morgan fingerprint density at radius 3 is 2.29 bits per heavy atom. The molecule has 2 aliphatic rings. The molecular formula is C49H48BN2. The number of para-hydroxylation sites is 1. The number of hydrogen-bond donors (Lipinski definition) is 1. The molecule has 52 heavy (non-hydrogen) atoms. The smallest absolute Gasteiger partial charge is 0.197 e. The lowest BCUT2D eigenvalue weighted by molar-refractivity contribution is 0.590. The third-order valence-electron chi connectivity index (χ3n) is 11.9. The van der Waals surface area contributed by atoms with E-state index in [1.807, 2.05) is 0 Å². The highest BCUT2D eigenvalue weighted by molar-refractivity contribution is 6.73. The van der Waals surface area contributed by atoms with Crippen LogP contribution in [0.3, 0.4) is 0 Å². The molecule has 257 valence electrons. The van der Waals surface area contributed by atoms with Gasteiger partial charge in [-0.1, -0.05) is 133 Å². The van der Waals surface area contributed by atoms with Gasteiger partial charge in [0.15, 0.2) is 7.28 Å². The van der Waals surface area contributed by atoms with Gasteiger partial charge in [0, 0.05) is 44.3 Å². The van der Waals surface area contributed by atoms with Crippen molar-refractivity contribution in [2.24, 2.45) is 0 Å². The summed E-state index contributed by atoms with van der Waals surface area (Å²) in [6.07, 6.45) is 4.90. The van der Waals surface area contributed by atoms with Gasteiger partial charge in [-0.15, -0.1) is 0 Å². The van der Waals surface area contributed by atoms with Crippen LogP contribution in [0.25, 0.3) is 49.7 Å². The molecule has 1 N–H and O–H groups in total. The van der Waals surface area contributed by atoms with E-state index in [2.05, 4.69) is 175 Å². The van der Waals surface area contributed by atoms with Gasteiger partial charge in [0.2, 0.25) is 0 Å². The van der Waals surface area contributed by atoms with Crippen LogP contribution in [0, 0.1) is 6.92 Å². The third kappa shape index (κ3) is 5.07. The minimum atomic E-state index is -0.109. The Balaban J connectivity index is 1.29. The van der Waals surface area contributed by atoms with Crippen molar-refractivity contribution in [1.82, 2.24) is 4.57 Å². The lowest BCUT2D eigenvalue weighted by Crippen LogP contribution is -2.38. The number of nitrogens with zero attached hydrogens (tertiary/aromatic N) is 1. The molecule has 1 radical (unpaired) electrons. The van der Waals surface area contributed by atoms with Gasteiger partial charge in [0.25, 0.3) is 0 Å². The first-order chi connectivity index (χ1) is 25.0. The van der Waals surface area contributed by atoms with Crippen LogP contribution >= 0.6 is 0 Å². The summed E-state index contributed by atoms with van der Waals surface area (Å²) in [6.45, 7) is 16.3. The minimum absolute atomic E-state index is 0.0521. The maximum absolute atomic E-state index is 3.96. The fourth-order valence-electron chi connectivity index (χ4n) is 9.07. The van der Waals surface area contributed by atoms with Crippen LogP contribution in [0.4, 0.5) is 11.4 Å². The minimum Gasteiger partial charge on any atom is -0.355 e. The first-order valence-corrected chi connectivity index (χ1v) is 19.3. The fraction of sp³-hybridized carbons (Fsp3) is 0.265. The Kier molecular flexibility index (Phi) is 7.60. The molecule has 0 amide bonds. The summed E-state index contributed by atoms with van der Waals surface area (Å²) in [5.41, 5.74) is 20.6. The van der Waals surface area contributed by atoms with E-state index in [4.69, 9.17) is 0 Å². The molecular weight excluding hydrogens is 627 g/mol. The first-order valence-electron chi connectivity index (χ1n) is 19.3. The molecule has 0 atom stereocenters. The van der Waals surface area contributed by atoms with E-state index in [9.17, 15) is 0 Å². The number of benzene rings is 6. The molecule has 1 aliphatic carbocycles. The zero-order valence-electron chi connectivity index (χ0n) is 31.7. The maximum atomic E-state index is 3.96. The summed E-state index contributed by atoms with van der Waals surface area (Å²) in [5, 5.41) is 6.62. The molecule has 0 bridgehead atoms. The summed E-state index contributed by atoms with van der Waals surface area (Å²) in [6, 6.07) is 41.6. The second-order valence-electron chi connectivity index (χ2n) is 16.8. The lowest BCUT2D eigenvalue weighted by Gasteiger charge is -2.28. The molecule has 2 heterocycles. The van der Waals surface area contributed by atoms with Crippen molar-refractivity contribution < 1.29 is 0 Å². The van der Waals surface area contributed by atoms with Crippen molar-refractivity contribution in [1.29, 1.82) is 0 Å². The first kappa shape index (κ1) is 32.9. The molecule has 1 aromatic heterocycles. The van der Waals surface area contributed by atoms with Crippen LogP contribution in [0.5, 0.6) is 0 Å². The van der Waals surface area contributed by atoms with Gasteiger partial charge in [0.05, 0.1) is 5.52 Å². The van der Waals surface area contributed by atoms with E-state index in [0.29, 0.717) is 0 Å². The largest absolute Gasteiger partial charge is 0.355 e. The predicted molar refractivity (Wildman–Crippen MR) is 225 cm³/mol. The number of fused-ring (bicyclic) bond motifs is 8. The third-order valence-corrected chi connectivity index (χ3v) is 11.9. The summed E-state index contributed by atoms with van der Waals surface area (Å²) >= 11 is 0. The standard InChI is InChI=1S/C49H48BN2/c1-8-9-10-15-31-20-23-33(24-21-31)51-42-29-36-34-16-11-13-18-39(34)49(6,7)40(36)28-37(42)38-26-30(2)45-35-17-12-14-19-43(35)52-44-25-22-32(48(3,4)5)27-41(44)50-46(38)47(45)52/h11-14,16-29,51H,8-10,15H2,1-7H3. The topological polar surface area (TPSA) is 17.0 Å². The van der Waals surface area contributed by atoms with Gasteiger partial charge >= 0.3 is 0 Å². The van der Waals surface area contributed by atoms with Crippen LogP contribution < -0.4 is 16.2 Å². The predicted octanol–water partition coefficient (Wildman–Crippen LogP) is 11.8. The van der Waals surface area contributed by atoms with Crippen LogP contribution in [0.2, 0.25) is 0 Å². The number of aromatic nitrogens is 1. The average Bonchev–Trinajstić information content (AvgIpc) is 3.60. The average molecular weight is 676 g/mol. The second-order valence-corrected chi connectivity index (χ2v) is 16.8. The van der Waals surface area contributed by atoms with E-state index in [0.717, 1.165) is 17.8 Å². The summed E-state index contributed by atoms with van der Waals surface area (Å²) in [5.74, 6) is 0. The van der Waals surface area contributed by atoms with Crippen LogP contribution in [0.1, 0.15) is 88.6 Å². The lowest BCUT2D eigenvalue weighted by atomic mass is 9.58. The normalized spacial score (nSPS) is 13.9. The van der Waals surface area contributed by atoms with Gasteiger partial charge in [-0.25, -0.2) is 0 Å². The molecule has 0 fully saturated rings. The zero-order chi connectivity index (χ0) is 35.9. The highest BCUT2D eigenvalue weighted by Gasteiger charge is 2.37. The SMILES string of the molecule is CCCCCc1ccc(Nc2cc3c(cc2-c2cc(C)c4c5ccccc5n5c4c2[B]c2cc(C(C)(C)C)ccc2-5)C(C)(C)c2ccccc2-3)cc1. The number of anilines is 2. The Morgan fingerprint density at radius 2 is 1.50 bits per heavy atom. The number of aryl methyl sites for hydroxylation is 2. The number of rotatable bonds is 7. The monoisotopic (exact) mass is 675 g/mol. The molecule has 3 heteroatoms. The zero-order valence-corrected chi connectivity index (χ0v) is 31.7. The van der Waals surface area contributed by atoms with Crippen LogP contribution in [-0.4, -0.2) is 11.8 Å². The van der Waals surface area contributed by atoms with Crippen LogP contribution in [0.15, 0.2) is 109 Å². The van der Waals surface area contributed by atoms with Gasteiger partial charge in [-0.3, -0.25) is 0 Å². The van der Waals surface area contributed by atoms with Gasteiger partial charge < -0.3 is 9.88 Å². The summed E-state index contributed by atoms with van der Waals surface area (Å²) in [4.78, 5) is 0. The number of nitrogens with one attached hydrogen (secondary N) is 1. The van der Waals surface area contributed by atoms with Crippen molar-refractivity contribution in [3.63, 3.8) is 0 Å². The van der Waals surface area contributed by atoms with Crippen molar-refractivity contribution in [3.8, 4) is 27.9 Å². The molecule has 9 rings (SSSR count). The Morgan fingerprint density at radius 1 is 0.731 bits per heavy atom. The van der Waals surface area contributed by atoms with E-state index in [1.165, 1.54) is 108 Å². The van der Waals surface area contributed by atoms with E-state index < -0.39 is 0 Å². The van der Waals surface area contributed by atoms with E-state index in [-0.39, 0.29) is 10.8 Å². The highest BCUT2D eigenvalue weighted by Crippen LogP contribution is 2.52. The van der Waals surface area contributed by atoms with Gasteiger partial charge in [-0.2, -0.15) is 0 Å². The van der Waals surface area contributed by atoms with Crippen molar-refractivity contribution in [3.05, 3.63) is 137 Å². The Hall–Kier alpha value is -5.02. The Labute approximate surface area is 310 Å². The molecule has 0 saturated heterocycles. The van der Waals surface area contributed by atoms with Crippen LogP contribution in [-0.2, 0) is 17.3 Å². The number of hydrogen-bond acceptors (Lipinski definition) is 1. The summed E-state index contributed by atoms with van der Waals surface area (Å²) < 4.78 is 2.54. The molecule has 2 nitrogen and oxygen atoms in total. The fourth-order valence-corrected chi connectivity index (χ4v) is 9.07. The van der Waals surface area contributed by atoms with Gasteiger partial charge in [0.1, 0.15) is 0 Å². The van der Waals surface area contributed by atoms with Crippen molar-refractivity contribution in [2.75, 3.05) is 5.32 Å². The van der Waals surface area contributed by atoms with E-state index in [1.54, 1.807) is 0 Å². The molecule has 0 spiro atoms. The number of unbranched alkanes of at least 4 members (excludes halogenated alkanes) is 2. The van der Waals surface area contributed by atoms with Gasteiger partial charge in [-0.05, 0) is 112 Å². The maximum Gasteiger partial charge on any atom is 0.197 e. The molecule has 0 saturated carbocycles. The summed E-state index contributed by atoms with van der Waals surface area (Å²) in [7, 11) is 2.47. The Bertz CT molecular complexity index is 2540. The molecule has 6 aromatic carbocycles. The van der Waals surface area contributed by atoms with E-state index >= 15 is 0 Å². The molecule has 1 aliphatic heterocycles. The molecule has 7 aromatic rings. The second kappa shape index (κ2) is 12.0. The van der Waals surface area contributed by atoms with Crippen molar-refractivity contribution in [2.45, 2.75) is 85.0 Å². The molecule has 0 unspecified atom stereocenters.